The van der Waals surface area contributed by atoms with Gasteiger partial charge in [0.2, 0.25) is 0 Å². The molecule has 0 aliphatic heterocycles. The zero-order chi connectivity index (χ0) is 18.2. The highest BCUT2D eigenvalue weighted by molar-refractivity contribution is 5.93. The molecule has 0 saturated heterocycles. The summed E-state index contributed by atoms with van der Waals surface area (Å²) < 4.78 is 54.2. The zero-order valence-corrected chi connectivity index (χ0v) is 14.1. The topological polar surface area (TPSA) is 85.8 Å². The van der Waals surface area contributed by atoms with E-state index in [9.17, 15) is 22.4 Å². The molecule has 1 aromatic carbocycles. The van der Waals surface area contributed by atoms with Crippen LogP contribution in [0.15, 0.2) is 24.3 Å². The van der Waals surface area contributed by atoms with Crippen LogP contribution in [0.2, 0.25) is 0 Å². The molecule has 2 aromatic rings. The van der Waals surface area contributed by atoms with Gasteiger partial charge in [-0.1, -0.05) is 11.3 Å². The summed E-state index contributed by atoms with van der Waals surface area (Å²) in [6.45, 7) is 0.121. The molecule has 1 fully saturated rings. The molecule has 1 aromatic heterocycles. The van der Waals surface area contributed by atoms with E-state index in [1.165, 1.54) is 12.1 Å². The van der Waals surface area contributed by atoms with Crippen molar-refractivity contribution in [2.75, 3.05) is 6.54 Å². The first-order chi connectivity index (χ1) is 11.8. The Bertz CT molecular complexity index is 791. The van der Waals surface area contributed by atoms with Gasteiger partial charge in [-0.3, -0.25) is 4.79 Å². The van der Waals surface area contributed by atoms with Gasteiger partial charge in [0, 0.05) is 12.6 Å². The molecule has 0 spiro atoms. The monoisotopic (exact) mass is 393 g/mol. The van der Waals surface area contributed by atoms with Gasteiger partial charge in [0.25, 0.3) is 5.91 Å². The van der Waals surface area contributed by atoms with E-state index < -0.39 is 35.3 Å². The van der Waals surface area contributed by atoms with Gasteiger partial charge in [0.05, 0.1) is 5.69 Å². The van der Waals surface area contributed by atoms with Crippen molar-refractivity contribution in [2.45, 2.75) is 25.1 Å². The molecule has 3 rings (SSSR count). The highest BCUT2D eigenvalue weighted by atomic mass is 35.5. The molecule has 3 N–H and O–H groups in total. The summed E-state index contributed by atoms with van der Waals surface area (Å²) >= 11 is 0. The predicted molar refractivity (Wildman–Crippen MR) is 86.6 cm³/mol. The molecule has 11 heteroatoms. The maximum atomic E-state index is 13.5. The van der Waals surface area contributed by atoms with Gasteiger partial charge >= 0.3 is 6.18 Å². The fourth-order valence-electron chi connectivity index (χ4n) is 2.58. The molecule has 1 aliphatic rings. The number of benzene rings is 1. The van der Waals surface area contributed by atoms with Crippen LogP contribution >= 0.6 is 12.4 Å². The first-order valence-electron chi connectivity index (χ1n) is 7.61. The lowest BCUT2D eigenvalue weighted by atomic mass is 10.1. The van der Waals surface area contributed by atoms with E-state index in [0.29, 0.717) is 4.68 Å². The average Bonchev–Trinajstić information content (AvgIpc) is 3.27. The molecule has 1 saturated carbocycles. The van der Waals surface area contributed by atoms with Gasteiger partial charge in [0.15, 0.2) is 11.4 Å². The lowest BCUT2D eigenvalue weighted by molar-refractivity contribution is -0.143. The Labute approximate surface area is 152 Å². The van der Waals surface area contributed by atoms with Crippen molar-refractivity contribution in [1.29, 1.82) is 0 Å². The minimum absolute atomic E-state index is 0. The average molecular weight is 394 g/mol. The SMILES string of the molecule is Cl.NCC(NC(=O)c1nnn(-c2cccc(F)c2)c1C(F)(F)F)C1CC1. The summed E-state index contributed by atoms with van der Waals surface area (Å²) in [4.78, 5) is 12.3. The molecule has 0 radical (unpaired) electrons. The number of hydrogen-bond acceptors (Lipinski definition) is 4. The first-order valence-corrected chi connectivity index (χ1v) is 7.61. The van der Waals surface area contributed by atoms with E-state index in [1.807, 2.05) is 0 Å². The summed E-state index contributed by atoms with van der Waals surface area (Å²) in [5, 5.41) is 9.25. The highest BCUT2D eigenvalue weighted by Gasteiger charge is 2.43. The van der Waals surface area contributed by atoms with Crippen LogP contribution in [0.4, 0.5) is 17.6 Å². The molecule has 0 bridgehead atoms. The maximum absolute atomic E-state index is 13.5. The van der Waals surface area contributed by atoms with Crippen LogP contribution in [0.3, 0.4) is 0 Å². The van der Waals surface area contributed by atoms with Crippen LogP contribution in [-0.2, 0) is 6.18 Å². The summed E-state index contributed by atoms with van der Waals surface area (Å²) in [5.41, 5.74) is 3.15. The Balaban J connectivity index is 0.00000243. The Morgan fingerprint density at radius 1 is 1.38 bits per heavy atom. The Morgan fingerprint density at radius 3 is 2.62 bits per heavy atom. The fourth-order valence-corrected chi connectivity index (χ4v) is 2.58. The number of halogens is 5. The van der Waals surface area contributed by atoms with E-state index in [0.717, 1.165) is 25.0 Å². The molecule has 1 atom stereocenters. The van der Waals surface area contributed by atoms with Crippen molar-refractivity contribution in [3.8, 4) is 5.69 Å². The summed E-state index contributed by atoms with van der Waals surface area (Å²) in [5.74, 6) is -1.57. The number of carbonyl (C=O) groups is 1. The zero-order valence-electron chi connectivity index (χ0n) is 13.3. The van der Waals surface area contributed by atoms with Gasteiger partial charge in [-0.05, 0) is 37.0 Å². The highest BCUT2D eigenvalue weighted by Crippen LogP contribution is 2.34. The summed E-state index contributed by atoms with van der Waals surface area (Å²) in [6, 6.07) is 4.03. The Morgan fingerprint density at radius 2 is 2.08 bits per heavy atom. The Kier molecular flexibility index (Phi) is 5.87. The van der Waals surface area contributed by atoms with E-state index in [2.05, 4.69) is 15.6 Å². The normalized spacial score (nSPS) is 15.3. The Hall–Kier alpha value is -2.20. The smallest absolute Gasteiger partial charge is 0.346 e. The lowest BCUT2D eigenvalue weighted by Crippen LogP contribution is -2.42. The minimum atomic E-state index is -4.90. The molecule has 1 amide bonds. The number of nitrogens with zero attached hydrogens (tertiary/aromatic N) is 3. The quantitative estimate of drug-likeness (QED) is 0.763. The minimum Gasteiger partial charge on any atom is -0.346 e. The molecule has 1 heterocycles. The van der Waals surface area contributed by atoms with Crippen LogP contribution in [0.5, 0.6) is 0 Å². The number of rotatable bonds is 5. The molecule has 142 valence electrons. The number of nitrogens with two attached hydrogens (primary N) is 1. The van der Waals surface area contributed by atoms with Crippen LogP contribution in [-0.4, -0.2) is 33.5 Å². The third-order valence-corrected chi connectivity index (χ3v) is 3.97. The third-order valence-electron chi connectivity index (χ3n) is 3.97. The van der Waals surface area contributed by atoms with Crippen molar-refractivity contribution in [3.05, 3.63) is 41.5 Å². The second kappa shape index (κ2) is 7.58. The molecule has 26 heavy (non-hydrogen) atoms. The summed E-state index contributed by atoms with van der Waals surface area (Å²) in [6.07, 6.45) is -3.17. The maximum Gasteiger partial charge on any atom is 0.435 e. The van der Waals surface area contributed by atoms with Gasteiger partial charge in [0.1, 0.15) is 5.82 Å². The fraction of sp³-hybridized carbons (Fsp3) is 0.400. The number of aromatic nitrogens is 3. The van der Waals surface area contributed by atoms with Crippen molar-refractivity contribution < 1.29 is 22.4 Å². The van der Waals surface area contributed by atoms with E-state index in [-0.39, 0.29) is 30.6 Å². The molecular formula is C15H16ClF4N5O. The van der Waals surface area contributed by atoms with E-state index in [4.69, 9.17) is 5.73 Å². The molecule has 6 nitrogen and oxygen atoms in total. The lowest BCUT2D eigenvalue weighted by Gasteiger charge is -2.16. The van der Waals surface area contributed by atoms with E-state index >= 15 is 0 Å². The van der Waals surface area contributed by atoms with Gasteiger partial charge in [-0.15, -0.1) is 17.5 Å². The number of alkyl halides is 3. The van der Waals surface area contributed by atoms with Crippen molar-refractivity contribution >= 4 is 18.3 Å². The second-order valence-electron chi connectivity index (χ2n) is 5.83. The standard InChI is InChI=1S/C15H15F4N5O.ClH/c16-9-2-1-3-10(6-9)24-13(15(17,18)19)12(22-23-24)14(25)21-11(7-20)8-4-5-8;/h1-3,6,8,11H,4-5,7,20H2,(H,21,25);1H. The van der Waals surface area contributed by atoms with Crippen molar-refractivity contribution in [1.82, 2.24) is 20.3 Å². The van der Waals surface area contributed by atoms with Gasteiger partial charge in [-0.2, -0.15) is 13.2 Å². The molecule has 1 unspecified atom stereocenters. The van der Waals surface area contributed by atoms with Crippen LogP contribution in [0.1, 0.15) is 29.0 Å². The number of carbonyl (C=O) groups excluding carboxylic acids is 1. The summed E-state index contributed by atoms with van der Waals surface area (Å²) in [7, 11) is 0. The van der Waals surface area contributed by atoms with Crippen LogP contribution in [0.25, 0.3) is 5.69 Å². The van der Waals surface area contributed by atoms with Gasteiger partial charge < -0.3 is 11.1 Å². The van der Waals surface area contributed by atoms with Crippen molar-refractivity contribution in [2.24, 2.45) is 11.7 Å². The predicted octanol–water partition coefficient (Wildman–Crippen LogP) is 2.31. The largest absolute Gasteiger partial charge is 0.435 e. The number of nitrogens with one attached hydrogen (secondary N) is 1. The van der Waals surface area contributed by atoms with Gasteiger partial charge in [-0.25, -0.2) is 9.07 Å². The van der Waals surface area contributed by atoms with Crippen LogP contribution in [0, 0.1) is 11.7 Å². The second-order valence-corrected chi connectivity index (χ2v) is 5.83. The van der Waals surface area contributed by atoms with E-state index in [1.54, 1.807) is 0 Å². The number of amides is 1. The van der Waals surface area contributed by atoms with Crippen molar-refractivity contribution in [3.63, 3.8) is 0 Å². The first kappa shape index (κ1) is 20.1. The third kappa shape index (κ3) is 4.13. The molecular weight excluding hydrogens is 378 g/mol. The van der Waals surface area contributed by atoms with Crippen LogP contribution < -0.4 is 11.1 Å². The molecule has 1 aliphatic carbocycles. The number of hydrogen-bond donors (Lipinski definition) is 2.